The summed E-state index contributed by atoms with van der Waals surface area (Å²) in [6.07, 6.45) is 1.89. The van der Waals surface area contributed by atoms with Gasteiger partial charge in [-0.25, -0.2) is 0 Å². The van der Waals surface area contributed by atoms with Crippen LogP contribution in [0.4, 0.5) is 0 Å². The van der Waals surface area contributed by atoms with Gasteiger partial charge in [-0.05, 0) is 35.7 Å². The van der Waals surface area contributed by atoms with Crippen molar-refractivity contribution in [3.05, 3.63) is 29.8 Å². The van der Waals surface area contributed by atoms with Gasteiger partial charge in [0.25, 0.3) is 0 Å². The highest BCUT2D eigenvalue weighted by atomic mass is 16.5. The highest BCUT2D eigenvalue weighted by Gasteiger charge is 2.09. The first kappa shape index (κ1) is 13.7. The molecule has 0 saturated heterocycles. The smallest absolute Gasteiger partial charge is 0.118 e. The molecule has 3 heteroatoms. The van der Waals surface area contributed by atoms with E-state index in [1.165, 1.54) is 0 Å². The molecule has 0 N–H and O–H groups in total. The summed E-state index contributed by atoms with van der Waals surface area (Å²) in [6.45, 7) is 4.95. The Labute approximate surface area is 103 Å². The molecule has 0 radical (unpaired) electrons. The zero-order chi connectivity index (χ0) is 12.7. The average Bonchev–Trinajstić information content (AvgIpc) is 2.34. The van der Waals surface area contributed by atoms with Crippen LogP contribution in [0.2, 0.25) is 0 Å². The van der Waals surface area contributed by atoms with Crippen LogP contribution in [0.1, 0.15) is 19.4 Å². The molecule has 1 aromatic rings. The summed E-state index contributed by atoms with van der Waals surface area (Å²) in [4.78, 5) is 4.55. The van der Waals surface area contributed by atoms with Crippen molar-refractivity contribution < 1.29 is 9.47 Å². The number of hydrogen-bond acceptors (Lipinski definition) is 3. The Hall–Kier alpha value is -1.35. The van der Waals surface area contributed by atoms with Crippen LogP contribution in [0.15, 0.2) is 29.3 Å². The molecule has 1 rings (SSSR count). The third kappa shape index (κ3) is 4.57. The molecule has 0 aliphatic carbocycles. The van der Waals surface area contributed by atoms with Gasteiger partial charge in [-0.2, -0.15) is 0 Å². The van der Waals surface area contributed by atoms with Crippen LogP contribution in [0.25, 0.3) is 0 Å². The van der Waals surface area contributed by atoms with E-state index in [4.69, 9.17) is 9.47 Å². The predicted octanol–water partition coefficient (Wildman–Crippen LogP) is 2.79. The second-order valence-electron chi connectivity index (χ2n) is 4.32. The number of methoxy groups -OCH3 is 2. The van der Waals surface area contributed by atoms with Gasteiger partial charge in [-0.15, -0.1) is 0 Å². The molecule has 3 nitrogen and oxygen atoms in total. The molecule has 0 saturated carbocycles. The van der Waals surface area contributed by atoms with Gasteiger partial charge in [-0.3, -0.25) is 4.99 Å². The molecule has 0 aliphatic heterocycles. The number of ether oxygens (including phenoxy) is 2. The number of benzene rings is 1. The van der Waals surface area contributed by atoms with E-state index < -0.39 is 0 Å². The van der Waals surface area contributed by atoms with Gasteiger partial charge in [-0.1, -0.05) is 13.8 Å². The summed E-state index contributed by atoms with van der Waals surface area (Å²) in [5.41, 5.74) is 1.08. The zero-order valence-electron chi connectivity index (χ0n) is 11.0. The molecular weight excluding hydrogens is 214 g/mol. The van der Waals surface area contributed by atoms with Crippen molar-refractivity contribution in [2.45, 2.75) is 19.9 Å². The maximum Gasteiger partial charge on any atom is 0.118 e. The van der Waals surface area contributed by atoms with Crippen molar-refractivity contribution in [1.82, 2.24) is 0 Å². The fourth-order valence-electron chi connectivity index (χ4n) is 1.45. The Morgan fingerprint density at radius 1 is 1.18 bits per heavy atom. The van der Waals surface area contributed by atoms with Crippen LogP contribution in [0.5, 0.6) is 5.75 Å². The van der Waals surface area contributed by atoms with E-state index in [9.17, 15) is 0 Å². The second-order valence-corrected chi connectivity index (χ2v) is 4.32. The molecule has 17 heavy (non-hydrogen) atoms. The lowest BCUT2D eigenvalue weighted by Crippen LogP contribution is -2.19. The maximum atomic E-state index is 5.16. The monoisotopic (exact) mass is 235 g/mol. The third-order valence-corrected chi connectivity index (χ3v) is 2.64. The second kappa shape index (κ2) is 7.07. The van der Waals surface area contributed by atoms with Crippen molar-refractivity contribution in [2.24, 2.45) is 10.9 Å². The Bertz CT molecular complexity index is 344. The molecule has 0 heterocycles. The average molecular weight is 235 g/mol. The summed E-state index contributed by atoms with van der Waals surface area (Å²) < 4.78 is 10.3. The van der Waals surface area contributed by atoms with Crippen molar-refractivity contribution in [3.8, 4) is 5.75 Å². The van der Waals surface area contributed by atoms with E-state index in [0.29, 0.717) is 12.5 Å². The summed E-state index contributed by atoms with van der Waals surface area (Å²) in [6, 6.07) is 8.06. The molecule has 0 spiro atoms. The van der Waals surface area contributed by atoms with Gasteiger partial charge in [0.2, 0.25) is 0 Å². The number of rotatable bonds is 6. The SMILES string of the molecule is COCC(N=Cc1ccc(OC)cc1)C(C)C. The number of aliphatic imine (C=N–C) groups is 1. The molecule has 0 bridgehead atoms. The molecule has 1 atom stereocenters. The van der Waals surface area contributed by atoms with E-state index in [1.54, 1.807) is 14.2 Å². The molecule has 1 aromatic carbocycles. The molecule has 0 fully saturated rings. The number of nitrogens with zero attached hydrogens (tertiary/aromatic N) is 1. The molecule has 94 valence electrons. The fraction of sp³-hybridized carbons (Fsp3) is 0.500. The largest absolute Gasteiger partial charge is 0.497 e. The van der Waals surface area contributed by atoms with Gasteiger partial charge < -0.3 is 9.47 Å². The van der Waals surface area contributed by atoms with Crippen molar-refractivity contribution >= 4 is 6.21 Å². The van der Waals surface area contributed by atoms with Gasteiger partial charge in [0.05, 0.1) is 19.8 Å². The van der Waals surface area contributed by atoms with Gasteiger partial charge in [0.1, 0.15) is 5.75 Å². The van der Waals surface area contributed by atoms with E-state index in [2.05, 4.69) is 18.8 Å². The summed E-state index contributed by atoms with van der Waals surface area (Å²) in [7, 11) is 3.37. The molecule has 0 aromatic heterocycles. The normalized spacial score (nSPS) is 13.2. The molecule has 1 unspecified atom stereocenters. The fourth-order valence-corrected chi connectivity index (χ4v) is 1.45. The highest BCUT2D eigenvalue weighted by molar-refractivity contribution is 5.79. The summed E-state index contributed by atoms with van der Waals surface area (Å²) >= 11 is 0. The van der Waals surface area contributed by atoms with E-state index in [-0.39, 0.29) is 6.04 Å². The van der Waals surface area contributed by atoms with Crippen LogP contribution in [-0.4, -0.2) is 33.1 Å². The number of hydrogen-bond donors (Lipinski definition) is 0. The molecule has 0 aliphatic rings. The topological polar surface area (TPSA) is 30.8 Å². The third-order valence-electron chi connectivity index (χ3n) is 2.64. The first-order valence-corrected chi connectivity index (χ1v) is 5.83. The predicted molar refractivity (Wildman–Crippen MR) is 71.1 cm³/mol. The minimum atomic E-state index is 0.210. The van der Waals surface area contributed by atoms with Crippen molar-refractivity contribution in [2.75, 3.05) is 20.8 Å². The van der Waals surface area contributed by atoms with E-state index >= 15 is 0 Å². The van der Waals surface area contributed by atoms with Crippen LogP contribution in [0.3, 0.4) is 0 Å². The lowest BCUT2D eigenvalue weighted by Gasteiger charge is -2.14. The molecule has 0 amide bonds. The molecular formula is C14H21NO2. The summed E-state index contributed by atoms with van der Waals surface area (Å²) in [5, 5.41) is 0. The Morgan fingerprint density at radius 3 is 2.29 bits per heavy atom. The van der Waals surface area contributed by atoms with E-state index in [0.717, 1.165) is 11.3 Å². The highest BCUT2D eigenvalue weighted by Crippen LogP contribution is 2.11. The Balaban J connectivity index is 2.66. The minimum absolute atomic E-state index is 0.210. The van der Waals surface area contributed by atoms with Gasteiger partial charge in [0.15, 0.2) is 0 Å². The van der Waals surface area contributed by atoms with E-state index in [1.807, 2.05) is 30.5 Å². The lowest BCUT2D eigenvalue weighted by atomic mass is 10.1. The van der Waals surface area contributed by atoms with Crippen molar-refractivity contribution in [3.63, 3.8) is 0 Å². The van der Waals surface area contributed by atoms with Gasteiger partial charge >= 0.3 is 0 Å². The van der Waals surface area contributed by atoms with Gasteiger partial charge in [0, 0.05) is 13.3 Å². The Kier molecular flexibility index (Phi) is 5.70. The lowest BCUT2D eigenvalue weighted by molar-refractivity contribution is 0.165. The van der Waals surface area contributed by atoms with Crippen LogP contribution >= 0.6 is 0 Å². The maximum absolute atomic E-state index is 5.16. The summed E-state index contributed by atoms with van der Waals surface area (Å²) in [5.74, 6) is 1.34. The quantitative estimate of drug-likeness (QED) is 0.710. The minimum Gasteiger partial charge on any atom is -0.497 e. The van der Waals surface area contributed by atoms with Crippen LogP contribution in [-0.2, 0) is 4.74 Å². The standard InChI is InChI=1S/C14H21NO2/c1-11(2)14(10-16-3)15-9-12-5-7-13(17-4)8-6-12/h5-9,11,14H,10H2,1-4H3. The first-order chi connectivity index (χ1) is 8.17. The Morgan fingerprint density at radius 2 is 1.82 bits per heavy atom. The van der Waals surface area contributed by atoms with Crippen LogP contribution < -0.4 is 4.74 Å². The van der Waals surface area contributed by atoms with Crippen LogP contribution in [0, 0.1) is 5.92 Å². The van der Waals surface area contributed by atoms with Crippen molar-refractivity contribution in [1.29, 1.82) is 0 Å². The zero-order valence-corrected chi connectivity index (χ0v) is 11.0. The first-order valence-electron chi connectivity index (χ1n) is 5.83.